The molecule has 0 aliphatic carbocycles. The molecule has 15 heavy (non-hydrogen) atoms. The minimum absolute atomic E-state index is 0. The first-order valence-electron chi connectivity index (χ1n) is 3.93. The smallest absolute Gasteiger partial charge is 0.566 e. The zero-order valence-corrected chi connectivity index (χ0v) is 11.3. The summed E-state index contributed by atoms with van der Waals surface area (Å²) in [4.78, 5) is 0. The largest absolute Gasteiger partial charge is 1.00 e. The van der Waals surface area contributed by atoms with Crippen LogP contribution in [0.2, 0.25) is 0 Å². The molecule has 0 saturated heterocycles. The second-order valence-electron chi connectivity index (χ2n) is 2.41. The van der Waals surface area contributed by atoms with Gasteiger partial charge in [0.2, 0.25) is 0 Å². The summed E-state index contributed by atoms with van der Waals surface area (Å²) in [6.45, 7) is 1.20. The van der Waals surface area contributed by atoms with E-state index in [9.17, 15) is 0 Å². The van der Waals surface area contributed by atoms with Gasteiger partial charge in [-0.15, -0.1) is 12.6 Å². The molecule has 1 aromatic rings. The molecular weight excluding hydrogens is 227 g/mol. The first-order valence-corrected chi connectivity index (χ1v) is 4.93. The molecule has 0 saturated carbocycles. The average molecular weight is 238 g/mol. The van der Waals surface area contributed by atoms with Crippen LogP contribution in [0, 0.1) is 6.61 Å². The summed E-state index contributed by atoms with van der Waals surface area (Å²) in [6.07, 6.45) is 1.67. The Bertz CT molecular complexity index is 328. The molecule has 78 valence electrons. The quantitative estimate of drug-likeness (QED) is 0.496. The van der Waals surface area contributed by atoms with Gasteiger partial charge in [0.15, 0.2) is 0 Å². The Hall–Kier alpha value is -0.200. The van der Waals surface area contributed by atoms with Crippen LogP contribution < -0.4 is 29.6 Å². The van der Waals surface area contributed by atoms with Crippen molar-refractivity contribution in [1.29, 1.82) is 0 Å². The van der Waals surface area contributed by atoms with Crippen LogP contribution >= 0.6 is 0 Å². The molecule has 4 nitrogen and oxygen atoms in total. The summed E-state index contributed by atoms with van der Waals surface area (Å²) >= 11 is 0. The van der Waals surface area contributed by atoms with Gasteiger partial charge in [0.05, 0.1) is 0 Å². The maximum atomic E-state index is 8.44. The van der Waals surface area contributed by atoms with Gasteiger partial charge < -0.3 is 5.11 Å². The van der Waals surface area contributed by atoms with Crippen molar-refractivity contribution in [3.63, 3.8) is 0 Å². The van der Waals surface area contributed by atoms with Crippen LogP contribution in [0.5, 0.6) is 0 Å². The number of hydrogen-bond donors (Lipinski definition) is 1. The summed E-state index contributed by atoms with van der Waals surface area (Å²) in [7, 11) is -3.11. The van der Waals surface area contributed by atoms with Gasteiger partial charge >= 0.3 is 40.2 Å². The second kappa shape index (κ2) is 11.9. The predicted molar refractivity (Wildman–Crippen MR) is 50.7 cm³/mol. The van der Waals surface area contributed by atoms with Gasteiger partial charge in [-0.2, -0.15) is 6.42 Å². The number of rotatable bonds is 3. The van der Waals surface area contributed by atoms with E-state index < -0.39 is 10.6 Å². The monoisotopic (exact) mass is 238 g/mol. The Morgan fingerprint density at radius 2 is 1.60 bits per heavy atom. The van der Waals surface area contributed by atoms with Crippen molar-refractivity contribution < 1.29 is 47.3 Å². The molecule has 1 N–H and O–H groups in total. The van der Waals surface area contributed by atoms with Crippen LogP contribution in [-0.2, 0) is 17.0 Å². The van der Waals surface area contributed by atoms with Crippen LogP contribution in [0.4, 0.5) is 0 Å². The van der Waals surface area contributed by atoms with Crippen molar-refractivity contribution in [2.24, 2.45) is 0 Å². The van der Waals surface area contributed by atoms with Gasteiger partial charge in [0.1, 0.15) is 0 Å². The third kappa shape index (κ3) is 13.8. The third-order valence-corrected chi connectivity index (χ3v) is 1.40. The number of aliphatic hydroxyl groups excluding tert-OH is 1. The number of benzene rings is 1. The molecular formula is C9H11NaO4S. The molecule has 6 heteroatoms. The van der Waals surface area contributed by atoms with Crippen molar-refractivity contribution >= 4 is 10.6 Å². The van der Waals surface area contributed by atoms with E-state index in [4.69, 9.17) is 17.7 Å². The van der Waals surface area contributed by atoms with E-state index in [0.717, 1.165) is 12.8 Å². The Morgan fingerprint density at radius 3 is 2.00 bits per heavy atom. The van der Waals surface area contributed by atoms with Gasteiger partial charge in [0.25, 0.3) is 0 Å². The topological polar surface area (TPSA) is 71.4 Å². The van der Waals surface area contributed by atoms with Gasteiger partial charge in [-0.3, -0.25) is 0 Å². The van der Waals surface area contributed by atoms with Crippen LogP contribution in [-0.4, -0.2) is 17.7 Å². The molecule has 0 unspecified atom stereocenters. The number of hydrogen-bond acceptors (Lipinski definition) is 4. The average Bonchev–Trinajstić information content (AvgIpc) is 2.15. The Balaban J connectivity index is 0. The maximum absolute atomic E-state index is 8.44. The van der Waals surface area contributed by atoms with E-state index in [1.54, 1.807) is 0 Å². The Kier molecular flexibility index (Phi) is 13.6. The standard InChI is InChI=1S/C9H11O.Na.O3S/c10-8-4-7-9-5-2-1-3-6-9;;1-4(2)3/h1-3,5-6,8,10H,4,7H2;;/q-1;+1;. The van der Waals surface area contributed by atoms with E-state index in [1.165, 1.54) is 12.2 Å². The molecule has 0 aromatic heterocycles. The van der Waals surface area contributed by atoms with E-state index in [0.29, 0.717) is 0 Å². The summed E-state index contributed by atoms with van der Waals surface area (Å²) in [5.74, 6) is 0. The van der Waals surface area contributed by atoms with Gasteiger partial charge in [-0.25, -0.2) is 6.61 Å². The van der Waals surface area contributed by atoms with E-state index in [2.05, 4.69) is 12.1 Å². The molecule has 0 atom stereocenters. The Morgan fingerprint density at radius 1 is 1.13 bits per heavy atom. The predicted octanol–water partition coefficient (Wildman–Crippen LogP) is -1.85. The number of aliphatic hydroxyl groups is 1. The SMILES string of the molecule is O=S(=O)=O.O[CH-]CCc1ccccc1.[Na+]. The summed E-state index contributed by atoms with van der Waals surface area (Å²) in [5.41, 5.74) is 1.27. The van der Waals surface area contributed by atoms with E-state index in [-0.39, 0.29) is 29.6 Å². The van der Waals surface area contributed by atoms with Crippen LogP contribution in [0.25, 0.3) is 0 Å². The molecule has 0 bridgehead atoms. The molecule has 0 fully saturated rings. The fourth-order valence-electron chi connectivity index (χ4n) is 0.876. The maximum Gasteiger partial charge on any atom is 1.00 e. The van der Waals surface area contributed by atoms with Crippen molar-refractivity contribution in [1.82, 2.24) is 0 Å². The molecule has 0 heterocycles. The minimum atomic E-state index is -3.11. The fourth-order valence-corrected chi connectivity index (χ4v) is 0.876. The third-order valence-electron chi connectivity index (χ3n) is 1.40. The summed E-state index contributed by atoms with van der Waals surface area (Å²) in [5, 5.41) is 8.40. The first-order chi connectivity index (χ1) is 6.66. The molecule has 0 aliphatic heterocycles. The molecule has 0 amide bonds. The van der Waals surface area contributed by atoms with Gasteiger partial charge in [-0.05, 0) is 0 Å². The molecule has 1 aromatic carbocycles. The zero-order valence-electron chi connectivity index (χ0n) is 8.46. The first kappa shape index (κ1) is 17.2. The fraction of sp³-hybridized carbons (Fsp3) is 0.222. The van der Waals surface area contributed by atoms with E-state index in [1.807, 2.05) is 18.2 Å². The van der Waals surface area contributed by atoms with Gasteiger partial charge in [-0.1, -0.05) is 42.3 Å². The molecule has 0 radical (unpaired) electrons. The molecule has 0 spiro atoms. The normalized spacial score (nSPS) is 8.07. The zero-order chi connectivity index (χ0) is 10.8. The number of aryl methyl sites for hydroxylation is 1. The molecule has 1 rings (SSSR count). The van der Waals surface area contributed by atoms with Crippen molar-refractivity contribution in [3.05, 3.63) is 42.5 Å². The van der Waals surface area contributed by atoms with Crippen LogP contribution in [0.15, 0.2) is 30.3 Å². The summed E-state index contributed by atoms with van der Waals surface area (Å²) in [6, 6.07) is 10.1. The summed E-state index contributed by atoms with van der Waals surface area (Å²) < 4.78 is 25.3. The molecule has 0 aliphatic rings. The van der Waals surface area contributed by atoms with Crippen molar-refractivity contribution in [2.45, 2.75) is 12.8 Å². The Labute approximate surface area is 113 Å². The van der Waals surface area contributed by atoms with E-state index >= 15 is 0 Å². The van der Waals surface area contributed by atoms with Crippen molar-refractivity contribution in [3.8, 4) is 0 Å². The van der Waals surface area contributed by atoms with Crippen LogP contribution in [0.1, 0.15) is 12.0 Å². The van der Waals surface area contributed by atoms with Gasteiger partial charge in [0, 0.05) is 0 Å². The second-order valence-corrected chi connectivity index (χ2v) is 2.82. The van der Waals surface area contributed by atoms with Crippen molar-refractivity contribution in [2.75, 3.05) is 0 Å². The van der Waals surface area contributed by atoms with Crippen LogP contribution in [0.3, 0.4) is 0 Å². The minimum Gasteiger partial charge on any atom is -0.566 e.